The highest BCUT2D eigenvalue weighted by atomic mass is 16.6. The Bertz CT molecular complexity index is 462. The fourth-order valence-electron chi connectivity index (χ4n) is 1.90. The molecule has 1 amide bonds. The number of anilines is 1. The highest BCUT2D eigenvalue weighted by molar-refractivity contribution is 5.93. The maximum atomic E-state index is 12.1. The van der Waals surface area contributed by atoms with Gasteiger partial charge in [-0.3, -0.25) is 4.79 Å². The minimum Gasteiger partial charge on any atom is -0.486 e. The van der Waals surface area contributed by atoms with Crippen molar-refractivity contribution in [3.05, 3.63) is 18.2 Å². The molecule has 1 aliphatic rings. The molecule has 1 aliphatic heterocycles. The number of ether oxygens (including phenoxy) is 2. The summed E-state index contributed by atoms with van der Waals surface area (Å²) in [6.07, 6.45) is 0.446. The van der Waals surface area contributed by atoms with E-state index in [1.54, 1.807) is 11.9 Å². The van der Waals surface area contributed by atoms with Crippen molar-refractivity contribution in [2.75, 3.05) is 31.7 Å². The van der Waals surface area contributed by atoms with Crippen LogP contribution in [0.15, 0.2) is 18.2 Å². The molecule has 19 heavy (non-hydrogen) atoms. The Morgan fingerprint density at radius 3 is 2.74 bits per heavy atom. The molecule has 0 spiro atoms. The fourth-order valence-corrected chi connectivity index (χ4v) is 1.90. The molecular formula is C14H20N2O3. The lowest BCUT2D eigenvalue weighted by Gasteiger charge is -2.23. The van der Waals surface area contributed by atoms with Crippen LogP contribution in [-0.2, 0) is 4.79 Å². The van der Waals surface area contributed by atoms with Gasteiger partial charge in [-0.25, -0.2) is 0 Å². The molecule has 1 unspecified atom stereocenters. The zero-order valence-corrected chi connectivity index (χ0v) is 11.4. The first-order chi connectivity index (χ1) is 9.11. The van der Waals surface area contributed by atoms with Gasteiger partial charge in [-0.1, -0.05) is 6.92 Å². The van der Waals surface area contributed by atoms with Crippen molar-refractivity contribution in [3.63, 3.8) is 0 Å². The Hall–Kier alpha value is -1.75. The van der Waals surface area contributed by atoms with Crippen LogP contribution in [0.4, 0.5) is 5.69 Å². The molecule has 0 aliphatic carbocycles. The molecule has 0 bridgehead atoms. The van der Waals surface area contributed by atoms with Gasteiger partial charge in [-0.2, -0.15) is 0 Å². The SMILES string of the molecule is CC(CN)CC(=O)N(C)c1ccc2c(c1)OCCO2. The van der Waals surface area contributed by atoms with Gasteiger partial charge < -0.3 is 20.1 Å². The molecule has 2 N–H and O–H groups in total. The summed E-state index contributed by atoms with van der Waals surface area (Å²) in [5.74, 6) is 1.66. The minimum atomic E-state index is 0.0506. The minimum absolute atomic E-state index is 0.0506. The Labute approximate surface area is 113 Å². The van der Waals surface area contributed by atoms with Crippen LogP contribution in [0.3, 0.4) is 0 Å². The van der Waals surface area contributed by atoms with Gasteiger partial charge in [-0.15, -0.1) is 0 Å². The summed E-state index contributed by atoms with van der Waals surface area (Å²) < 4.78 is 11.0. The van der Waals surface area contributed by atoms with Crippen LogP contribution in [0.5, 0.6) is 11.5 Å². The van der Waals surface area contributed by atoms with E-state index >= 15 is 0 Å². The Kier molecular flexibility index (Phi) is 4.27. The second-order valence-electron chi connectivity index (χ2n) is 4.83. The molecule has 2 rings (SSSR count). The molecule has 1 atom stereocenters. The lowest BCUT2D eigenvalue weighted by Crippen LogP contribution is -2.29. The fraction of sp³-hybridized carbons (Fsp3) is 0.500. The molecule has 0 saturated carbocycles. The van der Waals surface area contributed by atoms with E-state index in [1.807, 2.05) is 25.1 Å². The number of amides is 1. The van der Waals surface area contributed by atoms with Crippen molar-refractivity contribution < 1.29 is 14.3 Å². The van der Waals surface area contributed by atoms with E-state index in [0.29, 0.717) is 31.9 Å². The van der Waals surface area contributed by atoms with E-state index in [-0.39, 0.29) is 11.8 Å². The third-order valence-corrected chi connectivity index (χ3v) is 3.21. The molecule has 5 heteroatoms. The van der Waals surface area contributed by atoms with Crippen LogP contribution < -0.4 is 20.1 Å². The van der Waals surface area contributed by atoms with Gasteiger partial charge in [0.2, 0.25) is 5.91 Å². The van der Waals surface area contributed by atoms with Crippen LogP contribution in [0.1, 0.15) is 13.3 Å². The molecule has 0 radical (unpaired) electrons. The van der Waals surface area contributed by atoms with Crippen molar-refractivity contribution in [2.45, 2.75) is 13.3 Å². The van der Waals surface area contributed by atoms with Gasteiger partial charge in [0.15, 0.2) is 11.5 Å². The van der Waals surface area contributed by atoms with Crippen LogP contribution in [-0.4, -0.2) is 32.7 Å². The number of hydrogen-bond acceptors (Lipinski definition) is 4. The second-order valence-corrected chi connectivity index (χ2v) is 4.83. The highest BCUT2D eigenvalue weighted by Crippen LogP contribution is 2.33. The lowest BCUT2D eigenvalue weighted by atomic mass is 10.1. The zero-order valence-electron chi connectivity index (χ0n) is 11.4. The van der Waals surface area contributed by atoms with E-state index in [4.69, 9.17) is 15.2 Å². The summed E-state index contributed by atoms with van der Waals surface area (Å²) in [4.78, 5) is 13.7. The zero-order chi connectivity index (χ0) is 13.8. The van der Waals surface area contributed by atoms with E-state index in [1.165, 1.54) is 0 Å². The number of carbonyl (C=O) groups is 1. The topological polar surface area (TPSA) is 64.8 Å². The second kappa shape index (κ2) is 5.93. The Morgan fingerprint density at radius 1 is 1.37 bits per heavy atom. The first kappa shape index (κ1) is 13.7. The number of fused-ring (bicyclic) bond motifs is 1. The van der Waals surface area contributed by atoms with Crippen molar-refractivity contribution in [2.24, 2.45) is 11.7 Å². The number of nitrogens with two attached hydrogens (primary N) is 1. The molecule has 5 nitrogen and oxygen atoms in total. The third-order valence-electron chi connectivity index (χ3n) is 3.21. The van der Waals surface area contributed by atoms with Gasteiger partial charge in [0, 0.05) is 25.2 Å². The number of nitrogens with zero attached hydrogens (tertiary/aromatic N) is 1. The molecule has 1 aromatic carbocycles. The molecule has 104 valence electrons. The monoisotopic (exact) mass is 264 g/mol. The van der Waals surface area contributed by atoms with Gasteiger partial charge >= 0.3 is 0 Å². The van der Waals surface area contributed by atoms with Crippen LogP contribution in [0.25, 0.3) is 0 Å². The van der Waals surface area contributed by atoms with Gasteiger partial charge in [-0.05, 0) is 24.6 Å². The summed E-state index contributed by atoms with van der Waals surface area (Å²) in [5, 5.41) is 0. The predicted molar refractivity (Wildman–Crippen MR) is 73.7 cm³/mol. The van der Waals surface area contributed by atoms with Crippen LogP contribution in [0, 0.1) is 5.92 Å². The maximum absolute atomic E-state index is 12.1. The Balaban J connectivity index is 2.10. The first-order valence-corrected chi connectivity index (χ1v) is 6.48. The van der Waals surface area contributed by atoms with E-state index in [0.717, 1.165) is 11.4 Å². The molecule has 0 fully saturated rings. The maximum Gasteiger partial charge on any atom is 0.227 e. The average molecular weight is 264 g/mol. The van der Waals surface area contributed by atoms with Crippen LogP contribution >= 0.6 is 0 Å². The van der Waals surface area contributed by atoms with E-state index in [2.05, 4.69) is 0 Å². The smallest absolute Gasteiger partial charge is 0.227 e. The van der Waals surface area contributed by atoms with Crippen LogP contribution in [0.2, 0.25) is 0 Å². The number of hydrogen-bond donors (Lipinski definition) is 1. The number of carbonyl (C=O) groups excluding carboxylic acids is 1. The predicted octanol–water partition coefficient (Wildman–Crippen LogP) is 1.41. The molecule has 0 aromatic heterocycles. The third kappa shape index (κ3) is 3.17. The summed E-state index contributed by atoms with van der Waals surface area (Å²) in [7, 11) is 1.76. The van der Waals surface area contributed by atoms with Gasteiger partial charge in [0.05, 0.1) is 0 Å². The summed E-state index contributed by atoms with van der Waals surface area (Å²) >= 11 is 0. The summed E-state index contributed by atoms with van der Waals surface area (Å²) in [6, 6.07) is 5.53. The molecule has 1 heterocycles. The van der Waals surface area contributed by atoms with Gasteiger partial charge in [0.25, 0.3) is 0 Å². The van der Waals surface area contributed by atoms with Gasteiger partial charge in [0.1, 0.15) is 13.2 Å². The van der Waals surface area contributed by atoms with Crippen molar-refractivity contribution in [1.82, 2.24) is 0 Å². The normalized spacial score (nSPS) is 14.9. The number of rotatable bonds is 4. The number of benzene rings is 1. The largest absolute Gasteiger partial charge is 0.486 e. The Morgan fingerprint density at radius 2 is 2.05 bits per heavy atom. The quantitative estimate of drug-likeness (QED) is 0.893. The standard InChI is InChI=1S/C14H20N2O3/c1-10(9-15)7-14(17)16(2)11-3-4-12-13(8-11)19-6-5-18-12/h3-4,8,10H,5-7,9,15H2,1-2H3. The lowest BCUT2D eigenvalue weighted by molar-refractivity contribution is -0.119. The van der Waals surface area contributed by atoms with Crippen molar-refractivity contribution in [1.29, 1.82) is 0 Å². The van der Waals surface area contributed by atoms with Crippen molar-refractivity contribution >= 4 is 11.6 Å². The van der Waals surface area contributed by atoms with Crippen molar-refractivity contribution in [3.8, 4) is 11.5 Å². The first-order valence-electron chi connectivity index (χ1n) is 6.48. The van der Waals surface area contributed by atoms with E-state index in [9.17, 15) is 4.79 Å². The molecular weight excluding hydrogens is 244 g/mol. The van der Waals surface area contributed by atoms with E-state index < -0.39 is 0 Å². The summed E-state index contributed by atoms with van der Waals surface area (Å²) in [6.45, 7) is 3.59. The highest BCUT2D eigenvalue weighted by Gasteiger charge is 2.17. The average Bonchev–Trinajstić information content (AvgIpc) is 2.45. The summed E-state index contributed by atoms with van der Waals surface area (Å²) in [5.41, 5.74) is 6.35. The molecule has 0 saturated heterocycles. The molecule has 1 aromatic rings.